The molecule has 0 radical (unpaired) electrons. The number of fused-ring (bicyclic) bond motifs is 1. The Morgan fingerprint density at radius 2 is 1.90 bits per heavy atom. The van der Waals surface area contributed by atoms with Crippen molar-refractivity contribution in [3.8, 4) is 0 Å². The van der Waals surface area contributed by atoms with Crippen LogP contribution < -0.4 is 16.2 Å². The molecule has 3 heterocycles. The molecule has 30 heavy (non-hydrogen) atoms. The summed E-state index contributed by atoms with van der Waals surface area (Å²) >= 11 is 5.90. The molecule has 0 atom stereocenters. The highest BCUT2D eigenvalue weighted by Gasteiger charge is 2.19. The lowest BCUT2D eigenvalue weighted by Gasteiger charge is -2.26. The molecule has 1 fully saturated rings. The molecule has 2 aromatic heterocycles. The first-order valence-electron chi connectivity index (χ1n) is 9.23. The molecule has 4 rings (SSSR count). The van der Waals surface area contributed by atoms with Gasteiger partial charge in [-0.2, -0.15) is 0 Å². The lowest BCUT2D eigenvalue weighted by atomic mass is 10.2. The quantitative estimate of drug-likeness (QED) is 0.668. The summed E-state index contributed by atoms with van der Waals surface area (Å²) in [5.41, 5.74) is 0.668. The van der Waals surface area contributed by atoms with Crippen molar-refractivity contribution in [1.82, 2.24) is 14.3 Å². The first-order chi connectivity index (χ1) is 14.5. The van der Waals surface area contributed by atoms with E-state index >= 15 is 0 Å². The van der Waals surface area contributed by atoms with Crippen LogP contribution in [0.25, 0.3) is 5.65 Å². The number of morpholine rings is 1. The van der Waals surface area contributed by atoms with E-state index < -0.39 is 11.6 Å². The zero-order valence-electron chi connectivity index (χ0n) is 15.8. The van der Waals surface area contributed by atoms with Gasteiger partial charge in [0.25, 0.3) is 11.5 Å². The molecule has 0 aliphatic carbocycles. The number of carbonyl (C=O) groups is 2. The number of rotatable bonds is 3. The van der Waals surface area contributed by atoms with Crippen molar-refractivity contribution in [3.05, 3.63) is 69.7 Å². The van der Waals surface area contributed by atoms with Crippen molar-refractivity contribution in [1.29, 1.82) is 0 Å². The largest absolute Gasteiger partial charge is 0.378 e. The van der Waals surface area contributed by atoms with Crippen LogP contribution in [-0.4, -0.2) is 52.5 Å². The number of nitrogens with one attached hydrogen (secondary N) is 2. The number of aromatic nitrogens is 2. The zero-order chi connectivity index (χ0) is 21.1. The Morgan fingerprint density at radius 1 is 1.10 bits per heavy atom. The van der Waals surface area contributed by atoms with Crippen LogP contribution in [0.2, 0.25) is 5.02 Å². The van der Waals surface area contributed by atoms with Gasteiger partial charge in [-0.25, -0.2) is 9.78 Å². The van der Waals surface area contributed by atoms with Crippen LogP contribution in [0.3, 0.4) is 0 Å². The van der Waals surface area contributed by atoms with Gasteiger partial charge in [0.05, 0.1) is 25.0 Å². The third kappa shape index (κ3) is 4.27. The van der Waals surface area contributed by atoms with Crippen molar-refractivity contribution in [3.63, 3.8) is 0 Å². The van der Waals surface area contributed by atoms with Gasteiger partial charge in [0.1, 0.15) is 11.3 Å². The van der Waals surface area contributed by atoms with Crippen molar-refractivity contribution < 1.29 is 14.3 Å². The number of anilines is 2. The predicted octanol–water partition coefficient (Wildman–Crippen LogP) is 2.46. The molecule has 0 spiro atoms. The van der Waals surface area contributed by atoms with E-state index in [4.69, 9.17) is 16.3 Å². The van der Waals surface area contributed by atoms with Crippen LogP contribution in [0, 0.1) is 0 Å². The molecular formula is C20H18ClN5O4. The third-order valence-corrected chi connectivity index (χ3v) is 4.81. The van der Waals surface area contributed by atoms with E-state index in [0.29, 0.717) is 48.2 Å². The maximum atomic E-state index is 12.8. The van der Waals surface area contributed by atoms with Gasteiger partial charge >= 0.3 is 6.03 Å². The summed E-state index contributed by atoms with van der Waals surface area (Å²) in [6, 6.07) is 9.22. The van der Waals surface area contributed by atoms with Crippen LogP contribution in [0.4, 0.5) is 16.2 Å². The molecular weight excluding hydrogens is 410 g/mol. The highest BCUT2D eigenvalue weighted by molar-refractivity contribution is 6.30. The lowest BCUT2D eigenvalue weighted by Crippen LogP contribution is -2.40. The highest BCUT2D eigenvalue weighted by atomic mass is 35.5. The topological polar surface area (TPSA) is 105 Å². The van der Waals surface area contributed by atoms with Crippen LogP contribution in [-0.2, 0) is 4.74 Å². The summed E-state index contributed by atoms with van der Waals surface area (Å²) in [5, 5.41) is 5.55. The van der Waals surface area contributed by atoms with Crippen molar-refractivity contribution in [2.45, 2.75) is 0 Å². The van der Waals surface area contributed by atoms with E-state index in [2.05, 4.69) is 15.6 Å². The number of benzene rings is 1. The number of hydrogen-bond donors (Lipinski definition) is 2. The Bertz CT molecular complexity index is 1170. The number of nitrogens with zero attached hydrogens (tertiary/aromatic N) is 3. The normalized spacial score (nSPS) is 13.8. The van der Waals surface area contributed by atoms with Crippen LogP contribution >= 0.6 is 11.6 Å². The monoisotopic (exact) mass is 427 g/mol. The summed E-state index contributed by atoms with van der Waals surface area (Å²) in [5.74, 6) is -0.191. The Labute approximate surface area is 176 Å². The minimum Gasteiger partial charge on any atom is -0.378 e. The van der Waals surface area contributed by atoms with E-state index in [-0.39, 0.29) is 11.6 Å². The van der Waals surface area contributed by atoms with Gasteiger partial charge in [0, 0.05) is 30.0 Å². The number of hydrogen-bond acceptors (Lipinski definition) is 5. The zero-order valence-corrected chi connectivity index (χ0v) is 16.6. The molecule has 1 aliphatic rings. The summed E-state index contributed by atoms with van der Waals surface area (Å²) in [4.78, 5) is 43.6. The van der Waals surface area contributed by atoms with Gasteiger partial charge in [-0.1, -0.05) is 17.7 Å². The van der Waals surface area contributed by atoms with Crippen LogP contribution in [0.5, 0.6) is 0 Å². The van der Waals surface area contributed by atoms with Gasteiger partial charge in [0.15, 0.2) is 0 Å². The standard InChI is InChI=1S/C20H18ClN5O4/c21-14-2-1-3-15(10-14)23-20(29)24-16-11-22-17-5-4-13(12-26(17)19(16)28)18(27)25-6-8-30-9-7-25/h1-5,10-12H,6-9H2,(H2,23,24,29). The molecule has 2 N–H and O–H groups in total. The SMILES string of the molecule is O=C(Nc1cccc(Cl)c1)Nc1cnc2ccc(C(=O)N3CCOCC3)cn2c1=O. The second-order valence-corrected chi connectivity index (χ2v) is 7.05. The van der Waals surface area contributed by atoms with Gasteiger partial charge in [-0.05, 0) is 30.3 Å². The first kappa shape index (κ1) is 19.9. The molecule has 9 nitrogen and oxygen atoms in total. The Hall–Kier alpha value is -3.43. The summed E-state index contributed by atoms with van der Waals surface area (Å²) in [6.07, 6.45) is 2.71. The second kappa shape index (κ2) is 8.52. The Morgan fingerprint density at radius 3 is 2.67 bits per heavy atom. The summed E-state index contributed by atoms with van der Waals surface area (Å²) in [7, 11) is 0. The molecule has 10 heteroatoms. The molecule has 0 unspecified atom stereocenters. The van der Waals surface area contributed by atoms with Crippen LogP contribution in [0.15, 0.2) is 53.6 Å². The average molecular weight is 428 g/mol. The molecule has 3 amide bonds. The second-order valence-electron chi connectivity index (χ2n) is 6.62. The Balaban J connectivity index is 1.57. The predicted molar refractivity (Wildman–Crippen MR) is 112 cm³/mol. The molecule has 3 aromatic rings. The fourth-order valence-corrected chi connectivity index (χ4v) is 3.28. The minimum atomic E-state index is -0.614. The van der Waals surface area contributed by atoms with Gasteiger partial charge < -0.3 is 20.3 Å². The van der Waals surface area contributed by atoms with E-state index in [9.17, 15) is 14.4 Å². The van der Waals surface area contributed by atoms with E-state index in [0.717, 1.165) is 0 Å². The number of urea groups is 1. The Kier molecular flexibility index (Phi) is 5.64. The molecule has 1 aromatic carbocycles. The maximum Gasteiger partial charge on any atom is 0.323 e. The first-order valence-corrected chi connectivity index (χ1v) is 9.61. The summed E-state index contributed by atoms with van der Waals surface area (Å²) < 4.78 is 6.50. The number of carbonyl (C=O) groups excluding carboxylic acids is 2. The van der Waals surface area contributed by atoms with E-state index in [1.54, 1.807) is 41.3 Å². The number of amides is 3. The molecule has 1 saturated heterocycles. The smallest absolute Gasteiger partial charge is 0.323 e. The molecule has 154 valence electrons. The van der Waals surface area contributed by atoms with E-state index in [1.165, 1.54) is 16.8 Å². The molecule has 0 bridgehead atoms. The molecule has 1 aliphatic heterocycles. The third-order valence-electron chi connectivity index (χ3n) is 4.58. The number of pyridine rings is 1. The average Bonchev–Trinajstić information content (AvgIpc) is 2.75. The van der Waals surface area contributed by atoms with Gasteiger partial charge in [-0.3, -0.25) is 14.0 Å². The summed E-state index contributed by atoms with van der Waals surface area (Å²) in [6.45, 7) is 1.96. The highest BCUT2D eigenvalue weighted by Crippen LogP contribution is 2.15. The van der Waals surface area contributed by atoms with Gasteiger partial charge in [-0.15, -0.1) is 0 Å². The fourth-order valence-electron chi connectivity index (χ4n) is 3.09. The van der Waals surface area contributed by atoms with Crippen LogP contribution in [0.1, 0.15) is 10.4 Å². The van der Waals surface area contributed by atoms with Crippen molar-refractivity contribution in [2.24, 2.45) is 0 Å². The van der Waals surface area contributed by atoms with Gasteiger partial charge in [0.2, 0.25) is 0 Å². The lowest BCUT2D eigenvalue weighted by molar-refractivity contribution is 0.0302. The minimum absolute atomic E-state index is 0.0250. The fraction of sp³-hybridized carbons (Fsp3) is 0.200. The van der Waals surface area contributed by atoms with Crippen molar-refractivity contribution >= 4 is 40.6 Å². The van der Waals surface area contributed by atoms with Crippen molar-refractivity contribution in [2.75, 3.05) is 36.9 Å². The number of halogens is 1. The maximum absolute atomic E-state index is 12.8. The van der Waals surface area contributed by atoms with E-state index in [1.807, 2.05) is 0 Å². The number of ether oxygens (including phenoxy) is 1. The molecule has 0 saturated carbocycles.